The van der Waals surface area contributed by atoms with E-state index in [1.54, 1.807) is 0 Å². The van der Waals surface area contributed by atoms with Gasteiger partial charge in [0.1, 0.15) is 0 Å². The lowest BCUT2D eigenvalue weighted by molar-refractivity contribution is 0.0935. The lowest BCUT2D eigenvalue weighted by Crippen LogP contribution is -2.32. The van der Waals surface area contributed by atoms with E-state index in [0.29, 0.717) is 12.0 Å². The highest BCUT2D eigenvalue weighted by molar-refractivity contribution is 4.90. The van der Waals surface area contributed by atoms with Crippen molar-refractivity contribution in [3.05, 3.63) is 0 Å². The van der Waals surface area contributed by atoms with Crippen molar-refractivity contribution in [2.24, 2.45) is 5.41 Å². The topological polar surface area (TPSA) is 52.5 Å². The molecule has 0 heterocycles. The van der Waals surface area contributed by atoms with Crippen molar-refractivity contribution in [2.45, 2.75) is 25.9 Å². The van der Waals surface area contributed by atoms with Crippen LogP contribution in [-0.2, 0) is 0 Å². The molecular formula is C8H17NO2. The molecule has 0 aromatic rings. The highest BCUT2D eigenvalue weighted by atomic mass is 16.3. The fourth-order valence-corrected chi connectivity index (χ4v) is 0.995. The summed E-state index contributed by atoms with van der Waals surface area (Å²) in [7, 11) is 0. The van der Waals surface area contributed by atoms with Crippen LogP contribution < -0.4 is 5.32 Å². The van der Waals surface area contributed by atoms with Gasteiger partial charge in [-0.15, -0.1) is 0 Å². The molecule has 1 saturated carbocycles. The molecule has 11 heavy (non-hydrogen) atoms. The monoisotopic (exact) mass is 159 g/mol. The van der Waals surface area contributed by atoms with Crippen LogP contribution in [-0.4, -0.2) is 36.0 Å². The molecule has 0 aromatic carbocycles. The van der Waals surface area contributed by atoms with Crippen LogP contribution in [0.25, 0.3) is 0 Å². The van der Waals surface area contributed by atoms with Crippen LogP contribution in [0.15, 0.2) is 0 Å². The molecule has 1 fully saturated rings. The van der Waals surface area contributed by atoms with Gasteiger partial charge in [0.15, 0.2) is 0 Å². The quantitative estimate of drug-likeness (QED) is 0.517. The first kappa shape index (κ1) is 8.97. The fraction of sp³-hybridized carbons (Fsp3) is 1.00. The zero-order valence-corrected chi connectivity index (χ0v) is 7.01. The molecule has 1 unspecified atom stereocenters. The third-order valence-corrected chi connectivity index (χ3v) is 2.25. The zero-order chi connectivity index (χ0) is 8.32. The summed E-state index contributed by atoms with van der Waals surface area (Å²) in [6, 6.07) is 0. The van der Waals surface area contributed by atoms with E-state index in [-0.39, 0.29) is 6.61 Å². The van der Waals surface area contributed by atoms with Gasteiger partial charge in [-0.25, -0.2) is 0 Å². The summed E-state index contributed by atoms with van der Waals surface area (Å²) in [5.41, 5.74) is 0.481. The molecule has 3 nitrogen and oxygen atoms in total. The van der Waals surface area contributed by atoms with Crippen LogP contribution in [0.1, 0.15) is 19.8 Å². The second-order valence-electron chi connectivity index (χ2n) is 3.78. The van der Waals surface area contributed by atoms with Gasteiger partial charge in [-0.05, 0) is 18.3 Å². The molecule has 0 aliphatic heterocycles. The Hall–Kier alpha value is -0.120. The standard InChI is InChI=1S/C8H17NO2/c1-8(2-3-8)6-9-4-7(11)5-10/h7,9-11H,2-6H2,1H3. The summed E-state index contributed by atoms with van der Waals surface area (Å²) in [4.78, 5) is 0. The molecule has 3 heteroatoms. The van der Waals surface area contributed by atoms with Crippen LogP contribution in [0.4, 0.5) is 0 Å². The number of aliphatic hydroxyl groups is 2. The van der Waals surface area contributed by atoms with Crippen LogP contribution in [0.5, 0.6) is 0 Å². The first-order valence-electron chi connectivity index (χ1n) is 4.16. The normalized spacial score (nSPS) is 23.2. The zero-order valence-electron chi connectivity index (χ0n) is 7.01. The Morgan fingerprint density at radius 3 is 2.64 bits per heavy atom. The summed E-state index contributed by atoms with van der Waals surface area (Å²) in [6.07, 6.45) is 1.97. The molecule has 0 radical (unpaired) electrons. The molecule has 0 bridgehead atoms. The summed E-state index contributed by atoms with van der Waals surface area (Å²) < 4.78 is 0. The summed E-state index contributed by atoms with van der Waals surface area (Å²) in [6.45, 7) is 3.55. The van der Waals surface area contributed by atoms with Crippen LogP contribution >= 0.6 is 0 Å². The maximum Gasteiger partial charge on any atom is 0.0894 e. The molecule has 0 saturated heterocycles. The van der Waals surface area contributed by atoms with Crippen molar-refractivity contribution in [3.63, 3.8) is 0 Å². The molecule has 1 aliphatic carbocycles. The minimum atomic E-state index is -0.600. The predicted octanol–water partition coefficient (Wildman–Crippen LogP) is -0.271. The van der Waals surface area contributed by atoms with E-state index in [1.165, 1.54) is 12.8 Å². The lowest BCUT2D eigenvalue weighted by atomic mass is 10.1. The second-order valence-corrected chi connectivity index (χ2v) is 3.78. The van der Waals surface area contributed by atoms with E-state index >= 15 is 0 Å². The van der Waals surface area contributed by atoms with Gasteiger partial charge in [0.25, 0.3) is 0 Å². The Morgan fingerprint density at radius 2 is 2.18 bits per heavy atom. The van der Waals surface area contributed by atoms with E-state index in [2.05, 4.69) is 12.2 Å². The number of hydrogen-bond acceptors (Lipinski definition) is 3. The van der Waals surface area contributed by atoms with Crippen molar-refractivity contribution in [3.8, 4) is 0 Å². The summed E-state index contributed by atoms with van der Waals surface area (Å²) in [5, 5.41) is 20.6. The highest BCUT2D eigenvalue weighted by Crippen LogP contribution is 2.43. The van der Waals surface area contributed by atoms with Gasteiger partial charge >= 0.3 is 0 Å². The van der Waals surface area contributed by atoms with Gasteiger partial charge in [-0.1, -0.05) is 6.92 Å². The molecule has 1 atom stereocenters. The number of aliphatic hydroxyl groups excluding tert-OH is 2. The third kappa shape index (κ3) is 3.18. The fourth-order valence-electron chi connectivity index (χ4n) is 0.995. The van der Waals surface area contributed by atoms with E-state index in [1.807, 2.05) is 0 Å². The van der Waals surface area contributed by atoms with Gasteiger partial charge in [0, 0.05) is 13.1 Å². The maximum absolute atomic E-state index is 8.96. The van der Waals surface area contributed by atoms with E-state index in [9.17, 15) is 0 Å². The minimum absolute atomic E-state index is 0.149. The van der Waals surface area contributed by atoms with Gasteiger partial charge < -0.3 is 15.5 Å². The first-order chi connectivity index (χ1) is 5.16. The molecule has 0 amide bonds. The summed E-state index contributed by atoms with van der Waals surface area (Å²) >= 11 is 0. The van der Waals surface area contributed by atoms with Crippen molar-refractivity contribution < 1.29 is 10.2 Å². The molecule has 66 valence electrons. The van der Waals surface area contributed by atoms with Crippen molar-refractivity contribution in [2.75, 3.05) is 19.7 Å². The van der Waals surface area contributed by atoms with Gasteiger partial charge in [0.2, 0.25) is 0 Å². The van der Waals surface area contributed by atoms with Crippen LogP contribution in [0.2, 0.25) is 0 Å². The van der Waals surface area contributed by atoms with Crippen LogP contribution in [0, 0.1) is 5.41 Å². The Kier molecular flexibility index (Phi) is 2.87. The second kappa shape index (κ2) is 3.52. The molecule has 1 rings (SSSR count). The largest absolute Gasteiger partial charge is 0.394 e. The Bertz CT molecular complexity index is 123. The van der Waals surface area contributed by atoms with Gasteiger partial charge in [0.05, 0.1) is 12.7 Å². The molecule has 0 aromatic heterocycles. The predicted molar refractivity (Wildman–Crippen MR) is 43.3 cm³/mol. The maximum atomic E-state index is 8.96. The average Bonchev–Trinajstić information content (AvgIpc) is 2.68. The average molecular weight is 159 g/mol. The lowest BCUT2D eigenvalue weighted by Gasteiger charge is -2.12. The smallest absolute Gasteiger partial charge is 0.0894 e. The third-order valence-electron chi connectivity index (χ3n) is 2.25. The minimum Gasteiger partial charge on any atom is -0.394 e. The SMILES string of the molecule is CC1(CNCC(O)CO)CC1. The Labute approximate surface area is 67.4 Å². The number of rotatable bonds is 5. The molecular weight excluding hydrogens is 142 g/mol. The summed E-state index contributed by atoms with van der Waals surface area (Å²) in [5.74, 6) is 0. The van der Waals surface area contributed by atoms with Crippen LogP contribution in [0.3, 0.4) is 0 Å². The van der Waals surface area contributed by atoms with E-state index < -0.39 is 6.10 Å². The van der Waals surface area contributed by atoms with Gasteiger partial charge in [-0.2, -0.15) is 0 Å². The Balaban J connectivity index is 1.95. The molecule has 1 aliphatic rings. The number of hydrogen-bond donors (Lipinski definition) is 3. The van der Waals surface area contributed by atoms with Crippen molar-refractivity contribution in [1.82, 2.24) is 5.32 Å². The number of nitrogens with one attached hydrogen (secondary N) is 1. The van der Waals surface area contributed by atoms with E-state index in [0.717, 1.165) is 6.54 Å². The van der Waals surface area contributed by atoms with E-state index in [4.69, 9.17) is 10.2 Å². The van der Waals surface area contributed by atoms with Gasteiger partial charge in [-0.3, -0.25) is 0 Å². The molecule has 3 N–H and O–H groups in total. The van der Waals surface area contributed by atoms with Crippen molar-refractivity contribution in [1.29, 1.82) is 0 Å². The first-order valence-corrected chi connectivity index (χ1v) is 4.16. The highest BCUT2D eigenvalue weighted by Gasteiger charge is 2.36. The van der Waals surface area contributed by atoms with Crippen molar-refractivity contribution >= 4 is 0 Å². The Morgan fingerprint density at radius 1 is 1.55 bits per heavy atom. The molecule has 0 spiro atoms.